The van der Waals surface area contributed by atoms with Gasteiger partial charge < -0.3 is 10.2 Å². The van der Waals surface area contributed by atoms with E-state index in [9.17, 15) is 10.2 Å². The smallest absolute Gasteiger partial charge is 0.143 e. The summed E-state index contributed by atoms with van der Waals surface area (Å²) in [5.74, 6) is 0.0843. The molecule has 5 aromatic rings. The van der Waals surface area contributed by atoms with Crippen LogP contribution in [-0.2, 0) is 13.1 Å². The van der Waals surface area contributed by atoms with Crippen LogP contribution in [-0.4, -0.2) is 10.2 Å². The van der Waals surface area contributed by atoms with Crippen LogP contribution in [0.4, 0.5) is 0 Å². The van der Waals surface area contributed by atoms with Crippen LogP contribution in [0.1, 0.15) is 22.3 Å². The van der Waals surface area contributed by atoms with Crippen molar-refractivity contribution in [2.45, 2.75) is 13.1 Å². The lowest BCUT2D eigenvalue weighted by atomic mass is 10.2. The van der Waals surface area contributed by atoms with Crippen molar-refractivity contribution in [2.75, 3.05) is 0 Å². The van der Waals surface area contributed by atoms with E-state index >= 15 is 0 Å². The first-order valence-corrected chi connectivity index (χ1v) is 14.8. The van der Waals surface area contributed by atoms with E-state index in [1.54, 1.807) is 48.5 Å². The van der Waals surface area contributed by atoms with E-state index in [1.165, 1.54) is 22.7 Å². The summed E-state index contributed by atoms with van der Waals surface area (Å²) in [6, 6.07) is 33.8. The van der Waals surface area contributed by atoms with Gasteiger partial charge >= 0.3 is 0 Å². The lowest BCUT2D eigenvalue weighted by Crippen LogP contribution is -2.36. The quantitative estimate of drug-likeness (QED) is 0.226. The van der Waals surface area contributed by atoms with Crippen molar-refractivity contribution in [1.82, 2.24) is 0 Å². The zero-order valence-corrected chi connectivity index (χ0v) is 24.3. The Labute approximate surface area is 249 Å². The van der Waals surface area contributed by atoms with Gasteiger partial charge in [0.1, 0.15) is 29.9 Å². The molecule has 0 spiro atoms. The summed E-state index contributed by atoms with van der Waals surface area (Å²) in [6.45, 7) is 0.801. The second-order valence-corrected chi connectivity index (χ2v) is 11.7. The van der Waals surface area contributed by atoms with Crippen LogP contribution >= 0.6 is 45.9 Å². The molecule has 1 heterocycles. The maximum Gasteiger partial charge on any atom is 0.143 e. The van der Waals surface area contributed by atoms with Gasteiger partial charge in [0.2, 0.25) is 0 Å². The Kier molecular flexibility index (Phi) is 9.14. The first-order chi connectivity index (χ1) is 19.5. The van der Waals surface area contributed by atoms with Crippen LogP contribution < -0.4 is 18.4 Å². The highest BCUT2D eigenvalue weighted by atomic mass is 35.5. The first-order valence-electron chi connectivity index (χ1n) is 12.4. The molecule has 0 amide bonds. The van der Waals surface area contributed by atoms with Gasteiger partial charge in [0.25, 0.3) is 0 Å². The summed E-state index contributed by atoms with van der Waals surface area (Å²) in [5, 5.41) is 24.0. The lowest BCUT2D eigenvalue weighted by molar-refractivity contribution is 0.507. The molecule has 0 fully saturated rings. The van der Waals surface area contributed by atoms with Gasteiger partial charge in [0.05, 0.1) is 13.1 Å². The van der Waals surface area contributed by atoms with Gasteiger partial charge in [-0.25, -0.2) is 0 Å². The number of benzene rings is 4. The highest BCUT2D eigenvalue weighted by molar-refractivity contribution is 7.14. The average Bonchev–Trinajstić information content (AvgIpc) is 2.99. The van der Waals surface area contributed by atoms with E-state index in [1.807, 2.05) is 60.7 Å². The molecule has 5 rings (SSSR count). The molecule has 0 atom stereocenters. The van der Waals surface area contributed by atoms with Crippen LogP contribution in [0.15, 0.2) is 119 Å². The average molecular weight is 604 g/mol. The van der Waals surface area contributed by atoms with Crippen molar-refractivity contribution in [3.8, 4) is 0 Å². The highest BCUT2D eigenvalue weighted by Crippen LogP contribution is 2.16. The van der Waals surface area contributed by atoms with E-state index in [-0.39, 0.29) is 11.5 Å². The second kappa shape index (κ2) is 13.1. The zero-order chi connectivity index (χ0) is 27.9. The van der Waals surface area contributed by atoms with Gasteiger partial charge in [-0.15, -0.1) is 22.7 Å². The van der Waals surface area contributed by atoms with Gasteiger partial charge in [0.15, 0.2) is 0 Å². The SMILES string of the molecule is O/C(c1cccc(Cl)c1)=c1\sc(=NCc2ccccc2)/c(=C(\O)c2cccc(Cl)c2)sc1=NCc1ccccc1. The fourth-order valence-corrected chi connectivity index (χ4v) is 6.54. The molecular formula is C32H24Cl2N2O2S2. The molecule has 4 nitrogen and oxygen atoms in total. The molecule has 0 saturated heterocycles. The number of hydrogen-bond acceptors (Lipinski definition) is 6. The van der Waals surface area contributed by atoms with E-state index < -0.39 is 0 Å². The standard InChI is InChI=1S/C32H24Cl2N2O2S2/c33-25-15-7-13-23(17-25)27(37)29-31(35-19-21-9-3-1-4-10-21)39-30(28(38)24-14-8-16-26(34)18-24)32(40-29)36-20-22-11-5-2-6-12-22/h1-18,37-38H,19-20H2/b29-27-,30-28+,35-31?,36-32?. The highest BCUT2D eigenvalue weighted by Gasteiger charge is 2.10. The molecule has 200 valence electrons. The molecule has 2 N–H and O–H groups in total. The molecule has 0 radical (unpaired) electrons. The Hall–Kier alpha value is -3.68. The predicted octanol–water partition coefficient (Wildman–Crippen LogP) is 6.75. The molecule has 0 aliphatic carbocycles. The minimum absolute atomic E-state index is 0.0421. The summed E-state index contributed by atoms with van der Waals surface area (Å²) < 4.78 is 2.21. The van der Waals surface area contributed by atoms with Gasteiger partial charge in [-0.2, -0.15) is 0 Å². The molecule has 0 aliphatic heterocycles. The molecule has 8 heteroatoms. The van der Waals surface area contributed by atoms with Crippen molar-refractivity contribution in [1.29, 1.82) is 0 Å². The first kappa shape index (κ1) is 27.9. The van der Waals surface area contributed by atoms with Gasteiger partial charge in [-0.1, -0.05) is 108 Å². The van der Waals surface area contributed by atoms with E-state index in [4.69, 9.17) is 33.2 Å². The van der Waals surface area contributed by atoms with Crippen molar-refractivity contribution >= 4 is 57.4 Å². The third kappa shape index (κ3) is 6.90. The van der Waals surface area contributed by atoms with E-state index in [2.05, 4.69) is 0 Å². The Morgan fingerprint density at radius 1 is 0.550 bits per heavy atom. The van der Waals surface area contributed by atoms with Gasteiger partial charge in [0, 0.05) is 21.2 Å². The zero-order valence-electron chi connectivity index (χ0n) is 21.2. The largest absolute Gasteiger partial charge is 0.506 e. The number of aliphatic hydroxyl groups excluding tert-OH is 2. The molecule has 1 aromatic heterocycles. The molecule has 4 aromatic carbocycles. The van der Waals surface area contributed by atoms with Crippen LogP contribution in [0.25, 0.3) is 11.5 Å². The number of aliphatic hydroxyl groups is 2. The van der Waals surface area contributed by atoms with Crippen molar-refractivity contribution in [3.05, 3.63) is 160 Å². The Balaban J connectivity index is 1.84. The monoisotopic (exact) mass is 602 g/mol. The van der Waals surface area contributed by atoms with Crippen molar-refractivity contribution < 1.29 is 10.2 Å². The summed E-state index contributed by atoms with van der Waals surface area (Å²) in [5.41, 5.74) is 3.18. The lowest BCUT2D eigenvalue weighted by Gasteiger charge is -2.05. The number of halogens is 2. The van der Waals surface area contributed by atoms with E-state index in [0.717, 1.165) is 11.1 Å². The fraction of sp³-hybridized carbons (Fsp3) is 0.0625. The molecule has 0 aliphatic rings. The van der Waals surface area contributed by atoms with Crippen LogP contribution in [0.5, 0.6) is 0 Å². The van der Waals surface area contributed by atoms with Crippen LogP contribution in [0, 0.1) is 0 Å². The molecular weight excluding hydrogens is 579 g/mol. The Morgan fingerprint density at radius 3 is 1.32 bits per heavy atom. The summed E-state index contributed by atoms with van der Waals surface area (Å²) >= 11 is 15.0. The minimum Gasteiger partial charge on any atom is -0.506 e. The molecule has 0 bridgehead atoms. The summed E-state index contributed by atoms with van der Waals surface area (Å²) in [7, 11) is 0. The number of hydrogen-bond donors (Lipinski definition) is 2. The summed E-state index contributed by atoms with van der Waals surface area (Å²) in [6.07, 6.45) is 0. The Bertz CT molecular complexity index is 1760. The van der Waals surface area contributed by atoms with Crippen molar-refractivity contribution in [3.63, 3.8) is 0 Å². The van der Waals surface area contributed by atoms with Gasteiger partial charge in [-0.3, -0.25) is 9.98 Å². The van der Waals surface area contributed by atoms with E-state index in [0.29, 0.717) is 52.7 Å². The van der Waals surface area contributed by atoms with Crippen molar-refractivity contribution in [2.24, 2.45) is 9.98 Å². The van der Waals surface area contributed by atoms with Crippen LogP contribution in [0.2, 0.25) is 10.0 Å². The topological polar surface area (TPSA) is 65.2 Å². The second-order valence-electron chi connectivity index (χ2n) is 8.79. The fourth-order valence-electron chi connectivity index (χ4n) is 3.91. The summed E-state index contributed by atoms with van der Waals surface area (Å²) in [4.78, 5) is 9.76. The normalized spacial score (nSPS) is 13.8. The van der Waals surface area contributed by atoms with Crippen LogP contribution in [0.3, 0.4) is 0 Å². The number of nitrogens with zero attached hydrogens (tertiary/aromatic N) is 2. The molecule has 40 heavy (non-hydrogen) atoms. The third-order valence-corrected chi connectivity index (χ3v) is 8.87. The molecule has 0 saturated carbocycles. The maximum absolute atomic E-state index is 11.5. The van der Waals surface area contributed by atoms with Gasteiger partial charge in [-0.05, 0) is 35.4 Å². The maximum atomic E-state index is 11.5. The minimum atomic E-state index is 0.0421. The molecule has 0 unspecified atom stereocenters. The third-order valence-electron chi connectivity index (χ3n) is 5.91. The predicted molar refractivity (Wildman–Crippen MR) is 166 cm³/mol. The Morgan fingerprint density at radius 2 is 0.950 bits per heavy atom. The number of rotatable bonds is 6.